The summed E-state index contributed by atoms with van der Waals surface area (Å²) in [4.78, 5) is 0.426. The summed E-state index contributed by atoms with van der Waals surface area (Å²) in [7, 11) is -1.95. The molecule has 0 unspecified atom stereocenters. The Kier molecular flexibility index (Phi) is 3.50. The summed E-state index contributed by atoms with van der Waals surface area (Å²) in [5, 5.41) is 2.54. The highest BCUT2D eigenvalue weighted by Gasteiger charge is 2.12. The quantitative estimate of drug-likeness (QED) is 0.464. The molecule has 0 aromatic heterocycles. The Hall–Kier alpha value is -1.13. The largest absolute Gasteiger partial charge is 0.272 e. The van der Waals surface area contributed by atoms with Gasteiger partial charge in [-0.15, -0.1) is 0 Å². The van der Waals surface area contributed by atoms with Crippen LogP contribution in [-0.2, 0) is 10.3 Å². The first-order chi connectivity index (χ1) is 5.80. The average Bonchev–Trinajstić information content (AvgIpc) is 2.90. The maximum absolute atomic E-state index is 9.66. The second-order valence-corrected chi connectivity index (χ2v) is 3.13. The molecule has 1 saturated heterocycles. The van der Waals surface area contributed by atoms with Crippen molar-refractivity contribution in [3.8, 4) is 0 Å². The fraction of sp³-hybridized carbons (Fsp3) is 0.125. The van der Waals surface area contributed by atoms with Crippen molar-refractivity contribution >= 4 is 15.3 Å². The van der Waals surface area contributed by atoms with E-state index in [-0.39, 0.29) is 0 Å². The molecule has 1 aliphatic heterocycles. The molecule has 0 saturated carbocycles. The minimum atomic E-state index is -1.95. The van der Waals surface area contributed by atoms with Gasteiger partial charge in [0.15, 0.2) is 0 Å². The molecule has 3 nitrogen and oxygen atoms in total. The second-order valence-electron chi connectivity index (χ2n) is 2.17. The molecule has 0 aliphatic carbocycles. The maximum atomic E-state index is 9.66. The Bertz CT molecular complexity index is 315. The second kappa shape index (κ2) is 4.69. The summed E-state index contributed by atoms with van der Waals surface area (Å²) in [5.74, 6) is 0. The molecule has 0 radical (unpaired) electrons. The van der Waals surface area contributed by atoms with E-state index < -0.39 is 10.3 Å². The van der Waals surface area contributed by atoms with Crippen LogP contribution in [0.5, 0.6) is 0 Å². The van der Waals surface area contributed by atoms with Gasteiger partial charge in [-0.25, -0.2) is 0 Å². The van der Waals surface area contributed by atoms with Crippen LogP contribution in [0.15, 0.2) is 36.4 Å². The van der Waals surface area contributed by atoms with E-state index in [1.807, 2.05) is 36.4 Å². The van der Waals surface area contributed by atoms with Crippen LogP contribution in [0.2, 0.25) is 0 Å². The standard InChI is InChI=1S/C6H6.C2H3NO2S/c1-2-4-6-5-3-1;4-6(5)2-1-3-2/h1-6H;3H,1H2. The molecule has 4 heteroatoms. The molecule has 1 fully saturated rings. The van der Waals surface area contributed by atoms with Gasteiger partial charge in [-0.1, -0.05) is 36.4 Å². The Morgan fingerprint density at radius 2 is 1.33 bits per heavy atom. The zero-order chi connectivity index (χ0) is 8.81. The van der Waals surface area contributed by atoms with Crippen LogP contribution < -0.4 is 5.32 Å². The van der Waals surface area contributed by atoms with E-state index >= 15 is 0 Å². The van der Waals surface area contributed by atoms with Gasteiger partial charge in [-0.3, -0.25) is 5.32 Å². The molecule has 64 valence electrons. The molecule has 1 heterocycles. The van der Waals surface area contributed by atoms with Gasteiger partial charge in [0.1, 0.15) is 4.99 Å². The normalized spacial score (nSPS) is 12.8. The average molecular weight is 183 g/mol. The number of hydrogen-bond donors (Lipinski definition) is 1. The summed E-state index contributed by atoms with van der Waals surface area (Å²) >= 11 is 0. The first-order valence-electron chi connectivity index (χ1n) is 3.49. The minimum Gasteiger partial charge on any atom is -0.272 e. The van der Waals surface area contributed by atoms with Gasteiger partial charge < -0.3 is 0 Å². The molecule has 2 rings (SSSR count). The molecule has 0 bridgehead atoms. The van der Waals surface area contributed by atoms with Crippen molar-refractivity contribution in [2.24, 2.45) is 0 Å². The van der Waals surface area contributed by atoms with Gasteiger partial charge in [0.2, 0.25) is 10.3 Å². The van der Waals surface area contributed by atoms with Gasteiger partial charge in [-0.2, -0.15) is 8.42 Å². The fourth-order valence-corrected chi connectivity index (χ4v) is 0.847. The number of rotatable bonds is 0. The third-order valence-corrected chi connectivity index (χ3v) is 1.88. The first-order valence-corrected chi connectivity index (χ1v) is 4.57. The number of nitrogens with one attached hydrogen (secondary N) is 1. The smallest absolute Gasteiger partial charge is 0.229 e. The highest BCUT2D eigenvalue weighted by molar-refractivity contribution is 7.73. The predicted octanol–water partition coefficient (Wildman–Crippen LogP) is 0.285. The van der Waals surface area contributed by atoms with Gasteiger partial charge in [-0.05, 0) is 0 Å². The van der Waals surface area contributed by atoms with Crippen LogP contribution >= 0.6 is 0 Å². The molecule has 0 spiro atoms. The Morgan fingerprint density at radius 1 is 1.00 bits per heavy atom. The fourth-order valence-electron chi connectivity index (χ4n) is 0.539. The lowest BCUT2D eigenvalue weighted by Gasteiger charge is -1.69. The van der Waals surface area contributed by atoms with Crippen LogP contribution in [0.1, 0.15) is 0 Å². The van der Waals surface area contributed by atoms with Crippen LogP contribution in [-0.4, -0.2) is 20.0 Å². The highest BCUT2D eigenvalue weighted by Crippen LogP contribution is 1.80. The summed E-state index contributed by atoms with van der Waals surface area (Å²) in [6.45, 7) is 0.552. The number of hydrogen-bond acceptors (Lipinski definition) is 2. The van der Waals surface area contributed by atoms with Crippen LogP contribution in [0, 0.1) is 0 Å². The Balaban J connectivity index is 0.000000120. The van der Waals surface area contributed by atoms with Crippen molar-refractivity contribution in [3.63, 3.8) is 0 Å². The van der Waals surface area contributed by atoms with Gasteiger partial charge >= 0.3 is 0 Å². The first kappa shape index (κ1) is 8.96. The zero-order valence-electron chi connectivity index (χ0n) is 6.40. The van der Waals surface area contributed by atoms with Crippen LogP contribution in [0.3, 0.4) is 0 Å². The molecule has 1 aliphatic rings. The van der Waals surface area contributed by atoms with E-state index in [9.17, 15) is 8.42 Å². The molecular weight excluding hydrogens is 174 g/mol. The molecule has 0 amide bonds. The molecule has 12 heavy (non-hydrogen) atoms. The van der Waals surface area contributed by atoms with Crippen molar-refractivity contribution in [1.29, 1.82) is 0 Å². The predicted molar refractivity (Wildman–Crippen MR) is 48.4 cm³/mol. The van der Waals surface area contributed by atoms with E-state index in [1.165, 1.54) is 0 Å². The van der Waals surface area contributed by atoms with E-state index in [0.29, 0.717) is 11.5 Å². The maximum Gasteiger partial charge on any atom is 0.229 e. The summed E-state index contributed by atoms with van der Waals surface area (Å²) in [6, 6.07) is 12.0. The van der Waals surface area contributed by atoms with Crippen molar-refractivity contribution in [1.82, 2.24) is 5.32 Å². The van der Waals surface area contributed by atoms with E-state index in [1.54, 1.807) is 0 Å². The summed E-state index contributed by atoms with van der Waals surface area (Å²) < 4.78 is 19.3. The lowest BCUT2D eigenvalue weighted by molar-refractivity contribution is 0.627. The van der Waals surface area contributed by atoms with Crippen LogP contribution in [0.25, 0.3) is 0 Å². The van der Waals surface area contributed by atoms with Gasteiger partial charge in [0, 0.05) is 0 Å². The third kappa shape index (κ3) is 3.90. The van der Waals surface area contributed by atoms with Crippen molar-refractivity contribution in [2.75, 3.05) is 6.54 Å². The van der Waals surface area contributed by atoms with Crippen LogP contribution in [0.4, 0.5) is 0 Å². The lowest BCUT2D eigenvalue weighted by atomic mass is 10.4. The zero-order valence-corrected chi connectivity index (χ0v) is 7.21. The molecule has 1 aromatic carbocycles. The van der Waals surface area contributed by atoms with Crippen molar-refractivity contribution < 1.29 is 8.42 Å². The Morgan fingerprint density at radius 3 is 1.42 bits per heavy atom. The topological polar surface area (TPSA) is 56.1 Å². The van der Waals surface area contributed by atoms with Crippen molar-refractivity contribution in [3.05, 3.63) is 36.4 Å². The molecular formula is C8H9NO2S. The number of benzene rings is 1. The van der Waals surface area contributed by atoms with E-state index in [0.717, 1.165) is 0 Å². The van der Waals surface area contributed by atoms with E-state index in [2.05, 4.69) is 5.32 Å². The third-order valence-electron chi connectivity index (χ3n) is 1.19. The molecule has 1 aromatic rings. The highest BCUT2D eigenvalue weighted by atomic mass is 32.2. The lowest BCUT2D eigenvalue weighted by Crippen LogP contribution is -1.74. The Labute approximate surface area is 72.6 Å². The molecule has 1 N–H and O–H groups in total. The molecule has 0 atom stereocenters. The summed E-state index contributed by atoms with van der Waals surface area (Å²) in [6.07, 6.45) is 0. The minimum absolute atomic E-state index is 0.426. The SMILES string of the molecule is O=S(=O)=C1CN1.c1ccccc1. The monoisotopic (exact) mass is 183 g/mol. The van der Waals surface area contributed by atoms with E-state index in [4.69, 9.17) is 0 Å². The van der Waals surface area contributed by atoms with Crippen molar-refractivity contribution in [2.45, 2.75) is 0 Å². The van der Waals surface area contributed by atoms with Gasteiger partial charge in [0.05, 0.1) is 6.54 Å². The van der Waals surface area contributed by atoms with Gasteiger partial charge in [0.25, 0.3) is 0 Å². The summed E-state index contributed by atoms with van der Waals surface area (Å²) in [5.41, 5.74) is 0.